The van der Waals surface area contributed by atoms with Crippen LogP contribution in [-0.4, -0.2) is 13.1 Å². The number of fused-ring (bicyclic) bond motifs is 2. The van der Waals surface area contributed by atoms with Crippen LogP contribution in [0.2, 0.25) is 0 Å². The number of hydrogen-bond donors (Lipinski definition) is 1. The van der Waals surface area contributed by atoms with Gasteiger partial charge in [-0.2, -0.15) is 0 Å². The predicted molar refractivity (Wildman–Crippen MR) is 75.0 cm³/mol. The van der Waals surface area contributed by atoms with Crippen LogP contribution in [0.1, 0.15) is 59.3 Å². The summed E-state index contributed by atoms with van der Waals surface area (Å²) in [6.45, 7) is 9.43. The van der Waals surface area contributed by atoms with Crippen LogP contribution in [0, 0.1) is 29.6 Å². The molecule has 0 heterocycles. The van der Waals surface area contributed by atoms with Gasteiger partial charge in [0.2, 0.25) is 0 Å². The summed E-state index contributed by atoms with van der Waals surface area (Å²) >= 11 is 0. The van der Waals surface area contributed by atoms with Gasteiger partial charge in [0.15, 0.2) is 0 Å². The molecule has 0 aliphatic heterocycles. The molecule has 1 nitrogen and oxygen atoms in total. The van der Waals surface area contributed by atoms with E-state index < -0.39 is 0 Å². The lowest BCUT2D eigenvalue weighted by Crippen LogP contribution is -2.32. The van der Waals surface area contributed by atoms with E-state index >= 15 is 0 Å². The van der Waals surface area contributed by atoms with Gasteiger partial charge in [-0.05, 0) is 68.4 Å². The minimum Gasteiger partial charge on any atom is -0.316 e. The maximum Gasteiger partial charge on any atom is -0.00177 e. The molecule has 100 valence electrons. The lowest BCUT2D eigenvalue weighted by atomic mass is 9.77. The fourth-order valence-corrected chi connectivity index (χ4v) is 4.27. The fourth-order valence-electron chi connectivity index (χ4n) is 4.27. The van der Waals surface area contributed by atoms with Gasteiger partial charge >= 0.3 is 0 Å². The summed E-state index contributed by atoms with van der Waals surface area (Å²) in [5.74, 6) is 5.02. The fraction of sp³-hybridized carbons (Fsp3) is 1.00. The Morgan fingerprint density at radius 3 is 2.47 bits per heavy atom. The molecule has 2 fully saturated rings. The first-order valence-electron chi connectivity index (χ1n) is 7.91. The van der Waals surface area contributed by atoms with Gasteiger partial charge in [0.05, 0.1) is 0 Å². The largest absolute Gasteiger partial charge is 0.316 e. The molecule has 4 atom stereocenters. The van der Waals surface area contributed by atoms with E-state index in [1.807, 2.05) is 0 Å². The second kappa shape index (κ2) is 6.22. The molecule has 4 unspecified atom stereocenters. The lowest BCUT2D eigenvalue weighted by molar-refractivity contribution is 0.208. The standard InChI is InChI=1S/C16H31N/c1-4-5-15(11-17-10-12(2)3)16-9-13-6-7-14(16)8-13/h12-17H,4-11H2,1-3H3. The molecule has 1 N–H and O–H groups in total. The highest BCUT2D eigenvalue weighted by molar-refractivity contribution is 4.93. The van der Waals surface area contributed by atoms with Crippen LogP contribution in [0.4, 0.5) is 0 Å². The Hall–Kier alpha value is -0.0400. The average molecular weight is 237 g/mol. The van der Waals surface area contributed by atoms with Gasteiger partial charge in [-0.15, -0.1) is 0 Å². The van der Waals surface area contributed by atoms with Crippen molar-refractivity contribution < 1.29 is 0 Å². The predicted octanol–water partition coefficient (Wildman–Crippen LogP) is 4.08. The highest BCUT2D eigenvalue weighted by Crippen LogP contribution is 2.51. The molecule has 2 saturated carbocycles. The molecule has 2 bridgehead atoms. The van der Waals surface area contributed by atoms with Crippen molar-refractivity contribution in [2.45, 2.75) is 59.3 Å². The summed E-state index contributed by atoms with van der Waals surface area (Å²) in [6, 6.07) is 0. The number of hydrogen-bond acceptors (Lipinski definition) is 1. The molecule has 0 saturated heterocycles. The zero-order chi connectivity index (χ0) is 12.3. The highest BCUT2D eigenvalue weighted by Gasteiger charge is 2.42. The zero-order valence-electron chi connectivity index (χ0n) is 12.0. The normalized spacial score (nSPS) is 33.5. The Morgan fingerprint density at radius 2 is 1.94 bits per heavy atom. The molecular weight excluding hydrogens is 206 g/mol. The molecule has 0 radical (unpaired) electrons. The van der Waals surface area contributed by atoms with Crippen molar-refractivity contribution in [2.24, 2.45) is 29.6 Å². The third kappa shape index (κ3) is 3.47. The lowest BCUT2D eigenvalue weighted by Gasteiger charge is -2.31. The van der Waals surface area contributed by atoms with Crippen LogP contribution in [0.15, 0.2) is 0 Å². The maximum absolute atomic E-state index is 3.71. The van der Waals surface area contributed by atoms with Gasteiger partial charge in [-0.1, -0.05) is 33.6 Å². The van der Waals surface area contributed by atoms with Crippen LogP contribution in [0.5, 0.6) is 0 Å². The second-order valence-corrected chi connectivity index (χ2v) is 6.94. The van der Waals surface area contributed by atoms with Gasteiger partial charge in [0.1, 0.15) is 0 Å². The molecule has 0 amide bonds. The van der Waals surface area contributed by atoms with Crippen molar-refractivity contribution in [2.75, 3.05) is 13.1 Å². The van der Waals surface area contributed by atoms with Crippen LogP contribution in [0.3, 0.4) is 0 Å². The molecule has 1 heteroatoms. The Labute approximate surface area is 108 Å². The van der Waals surface area contributed by atoms with Crippen molar-refractivity contribution in [1.29, 1.82) is 0 Å². The first-order valence-corrected chi connectivity index (χ1v) is 7.91. The molecule has 0 aromatic heterocycles. The molecule has 0 aromatic rings. The van der Waals surface area contributed by atoms with Crippen molar-refractivity contribution in [3.8, 4) is 0 Å². The van der Waals surface area contributed by atoms with Crippen molar-refractivity contribution >= 4 is 0 Å². The highest BCUT2D eigenvalue weighted by atomic mass is 14.9. The van der Waals surface area contributed by atoms with Gasteiger partial charge in [0.25, 0.3) is 0 Å². The van der Waals surface area contributed by atoms with Crippen LogP contribution in [-0.2, 0) is 0 Å². The summed E-state index contributed by atoms with van der Waals surface area (Å²) in [7, 11) is 0. The van der Waals surface area contributed by atoms with E-state index in [2.05, 4.69) is 26.1 Å². The molecular formula is C16H31N. The minimum absolute atomic E-state index is 0.789. The van der Waals surface area contributed by atoms with E-state index in [0.29, 0.717) is 0 Å². The monoisotopic (exact) mass is 237 g/mol. The van der Waals surface area contributed by atoms with Crippen molar-refractivity contribution in [3.05, 3.63) is 0 Å². The SMILES string of the molecule is CCCC(CNCC(C)C)C1CC2CCC1C2. The Morgan fingerprint density at radius 1 is 1.12 bits per heavy atom. The van der Waals surface area contributed by atoms with Gasteiger partial charge in [0, 0.05) is 0 Å². The van der Waals surface area contributed by atoms with E-state index in [0.717, 1.165) is 29.6 Å². The maximum atomic E-state index is 3.71. The number of rotatable bonds is 7. The van der Waals surface area contributed by atoms with Crippen molar-refractivity contribution in [1.82, 2.24) is 5.32 Å². The second-order valence-electron chi connectivity index (χ2n) is 6.94. The minimum atomic E-state index is 0.789. The zero-order valence-corrected chi connectivity index (χ0v) is 12.0. The van der Waals surface area contributed by atoms with Gasteiger partial charge in [-0.25, -0.2) is 0 Å². The van der Waals surface area contributed by atoms with E-state index in [-0.39, 0.29) is 0 Å². The van der Waals surface area contributed by atoms with E-state index in [1.165, 1.54) is 25.9 Å². The Balaban J connectivity index is 1.80. The molecule has 2 rings (SSSR count). The summed E-state index contributed by atoms with van der Waals surface area (Å²) in [4.78, 5) is 0. The Bertz CT molecular complexity index is 224. The van der Waals surface area contributed by atoms with E-state index in [4.69, 9.17) is 0 Å². The molecule has 2 aliphatic rings. The van der Waals surface area contributed by atoms with Gasteiger partial charge < -0.3 is 5.32 Å². The smallest absolute Gasteiger partial charge is 0.00177 e. The summed E-state index contributed by atoms with van der Waals surface area (Å²) in [5.41, 5.74) is 0. The molecule has 0 spiro atoms. The van der Waals surface area contributed by atoms with Crippen LogP contribution >= 0.6 is 0 Å². The quantitative estimate of drug-likeness (QED) is 0.703. The average Bonchev–Trinajstić information content (AvgIpc) is 2.89. The van der Waals surface area contributed by atoms with E-state index in [1.54, 1.807) is 25.7 Å². The summed E-state index contributed by atoms with van der Waals surface area (Å²) in [5, 5.41) is 3.71. The van der Waals surface area contributed by atoms with Crippen LogP contribution in [0.25, 0.3) is 0 Å². The molecule has 2 aliphatic carbocycles. The molecule has 17 heavy (non-hydrogen) atoms. The first-order chi connectivity index (χ1) is 8.20. The summed E-state index contributed by atoms with van der Waals surface area (Å²) < 4.78 is 0. The topological polar surface area (TPSA) is 12.0 Å². The third-order valence-electron chi connectivity index (χ3n) is 5.02. The van der Waals surface area contributed by atoms with Crippen LogP contribution < -0.4 is 5.32 Å². The Kier molecular flexibility index (Phi) is 4.90. The van der Waals surface area contributed by atoms with Gasteiger partial charge in [-0.3, -0.25) is 0 Å². The summed E-state index contributed by atoms with van der Waals surface area (Å²) in [6.07, 6.45) is 9.01. The van der Waals surface area contributed by atoms with Crippen molar-refractivity contribution in [3.63, 3.8) is 0 Å². The molecule has 0 aromatic carbocycles. The number of nitrogens with one attached hydrogen (secondary N) is 1. The first kappa shape index (κ1) is 13.4. The third-order valence-corrected chi connectivity index (χ3v) is 5.02. The van der Waals surface area contributed by atoms with E-state index in [9.17, 15) is 0 Å².